The summed E-state index contributed by atoms with van der Waals surface area (Å²) in [7, 11) is 3.52. The molecule has 3 N–H and O–H groups in total. The molecule has 2 rings (SSSR count). The zero-order valence-electron chi connectivity index (χ0n) is 11.6. The van der Waals surface area contributed by atoms with Crippen molar-refractivity contribution in [3.63, 3.8) is 0 Å². The number of nitrogens with one attached hydrogen (secondary N) is 1. The van der Waals surface area contributed by atoms with Crippen LogP contribution in [0.1, 0.15) is 31.0 Å². The summed E-state index contributed by atoms with van der Waals surface area (Å²) in [4.78, 5) is 4.36. The van der Waals surface area contributed by atoms with Gasteiger partial charge in [0.1, 0.15) is 0 Å². The van der Waals surface area contributed by atoms with Crippen molar-refractivity contribution in [2.75, 3.05) is 7.11 Å². The van der Waals surface area contributed by atoms with E-state index in [1.54, 1.807) is 11.8 Å². The van der Waals surface area contributed by atoms with Crippen molar-refractivity contribution in [2.24, 2.45) is 17.8 Å². The van der Waals surface area contributed by atoms with Crippen molar-refractivity contribution >= 4 is 29.9 Å². The molecule has 0 aliphatic heterocycles. The zero-order valence-corrected chi connectivity index (χ0v) is 14.0. The molecule has 1 fully saturated rings. The lowest BCUT2D eigenvalue weighted by Crippen LogP contribution is -2.33. The SMILES string of the molecule is CCc1nn(C)c(OC)c1CN=C(N)NC1CC1.I. The molecular weight excluding hydrogens is 357 g/mol. The second kappa shape index (κ2) is 6.97. The third-order valence-corrected chi connectivity index (χ3v) is 3.04. The Kier molecular flexibility index (Phi) is 5.89. The van der Waals surface area contributed by atoms with Gasteiger partial charge in [-0.2, -0.15) is 5.10 Å². The van der Waals surface area contributed by atoms with E-state index in [1.807, 2.05) is 7.05 Å². The maximum atomic E-state index is 5.82. The molecule has 7 heteroatoms. The van der Waals surface area contributed by atoms with E-state index in [0.717, 1.165) is 23.6 Å². The van der Waals surface area contributed by atoms with Gasteiger partial charge in [-0.15, -0.1) is 24.0 Å². The third-order valence-electron chi connectivity index (χ3n) is 3.04. The van der Waals surface area contributed by atoms with Crippen LogP contribution in [-0.2, 0) is 20.0 Å². The molecule has 0 atom stereocenters. The Morgan fingerprint density at radius 3 is 2.79 bits per heavy atom. The fourth-order valence-corrected chi connectivity index (χ4v) is 1.95. The number of ether oxygens (including phenoxy) is 1. The van der Waals surface area contributed by atoms with Crippen LogP contribution >= 0.6 is 24.0 Å². The van der Waals surface area contributed by atoms with Gasteiger partial charge in [0.2, 0.25) is 5.88 Å². The number of hydrogen-bond acceptors (Lipinski definition) is 3. The number of halogens is 1. The van der Waals surface area contributed by atoms with E-state index >= 15 is 0 Å². The molecule has 0 amide bonds. The molecular formula is C12H22IN5O. The van der Waals surface area contributed by atoms with Crippen LogP contribution < -0.4 is 15.8 Å². The Morgan fingerprint density at radius 1 is 1.58 bits per heavy atom. The number of methoxy groups -OCH3 is 1. The summed E-state index contributed by atoms with van der Waals surface area (Å²) in [6, 6.07) is 0.523. The Bertz CT molecular complexity index is 453. The zero-order chi connectivity index (χ0) is 13.1. The van der Waals surface area contributed by atoms with Gasteiger partial charge >= 0.3 is 0 Å². The first-order valence-corrected chi connectivity index (χ1v) is 6.30. The predicted molar refractivity (Wildman–Crippen MR) is 86.0 cm³/mol. The van der Waals surface area contributed by atoms with Crippen LogP contribution in [0, 0.1) is 0 Å². The van der Waals surface area contributed by atoms with Gasteiger partial charge in [0.05, 0.1) is 24.9 Å². The summed E-state index contributed by atoms with van der Waals surface area (Å²) >= 11 is 0. The molecule has 19 heavy (non-hydrogen) atoms. The first kappa shape index (κ1) is 16.1. The normalized spacial score (nSPS) is 15.0. The molecule has 1 aliphatic rings. The average Bonchev–Trinajstić information content (AvgIpc) is 3.09. The molecule has 0 saturated heterocycles. The molecule has 1 aromatic rings. The van der Waals surface area contributed by atoms with Gasteiger partial charge in [-0.25, -0.2) is 9.67 Å². The minimum Gasteiger partial charge on any atom is -0.481 e. The number of aryl methyl sites for hydroxylation is 2. The number of guanidine groups is 1. The van der Waals surface area contributed by atoms with E-state index in [1.165, 1.54) is 12.8 Å². The van der Waals surface area contributed by atoms with Crippen molar-refractivity contribution in [1.29, 1.82) is 0 Å². The van der Waals surface area contributed by atoms with Crippen LogP contribution in [0.2, 0.25) is 0 Å². The van der Waals surface area contributed by atoms with Crippen LogP contribution in [0.15, 0.2) is 4.99 Å². The molecule has 108 valence electrons. The van der Waals surface area contributed by atoms with Gasteiger partial charge in [0, 0.05) is 13.1 Å². The molecule has 1 aromatic heterocycles. The fraction of sp³-hybridized carbons (Fsp3) is 0.667. The smallest absolute Gasteiger partial charge is 0.216 e. The minimum absolute atomic E-state index is 0. The summed E-state index contributed by atoms with van der Waals surface area (Å²) in [5.74, 6) is 1.26. The van der Waals surface area contributed by atoms with E-state index < -0.39 is 0 Å². The summed E-state index contributed by atoms with van der Waals surface area (Å²) in [5.41, 5.74) is 7.85. The topological polar surface area (TPSA) is 77.5 Å². The van der Waals surface area contributed by atoms with Crippen LogP contribution in [-0.4, -0.2) is 28.9 Å². The summed E-state index contributed by atoms with van der Waals surface area (Å²) in [5, 5.41) is 7.58. The number of nitrogens with zero attached hydrogens (tertiary/aromatic N) is 3. The van der Waals surface area contributed by atoms with Crippen molar-refractivity contribution in [3.8, 4) is 5.88 Å². The lowest BCUT2D eigenvalue weighted by Gasteiger charge is -2.05. The molecule has 0 spiro atoms. The van der Waals surface area contributed by atoms with Gasteiger partial charge in [0.25, 0.3) is 0 Å². The van der Waals surface area contributed by atoms with Crippen molar-refractivity contribution < 1.29 is 4.74 Å². The molecule has 1 heterocycles. The van der Waals surface area contributed by atoms with Crippen LogP contribution in [0.5, 0.6) is 5.88 Å². The minimum atomic E-state index is 0. The largest absolute Gasteiger partial charge is 0.481 e. The average molecular weight is 379 g/mol. The highest BCUT2D eigenvalue weighted by Crippen LogP contribution is 2.23. The lowest BCUT2D eigenvalue weighted by molar-refractivity contribution is 0.369. The van der Waals surface area contributed by atoms with Crippen molar-refractivity contribution in [2.45, 2.75) is 38.8 Å². The number of aromatic nitrogens is 2. The summed E-state index contributed by atoms with van der Waals surface area (Å²) in [6.45, 7) is 2.58. The number of aliphatic imine (C=N–C) groups is 1. The van der Waals surface area contributed by atoms with E-state index in [-0.39, 0.29) is 24.0 Å². The first-order chi connectivity index (χ1) is 8.65. The van der Waals surface area contributed by atoms with E-state index in [4.69, 9.17) is 10.5 Å². The fourth-order valence-electron chi connectivity index (χ4n) is 1.95. The van der Waals surface area contributed by atoms with Crippen LogP contribution in [0.25, 0.3) is 0 Å². The molecule has 1 saturated carbocycles. The van der Waals surface area contributed by atoms with Gasteiger partial charge in [-0.3, -0.25) is 0 Å². The van der Waals surface area contributed by atoms with E-state index in [2.05, 4.69) is 22.3 Å². The van der Waals surface area contributed by atoms with Gasteiger partial charge in [0.15, 0.2) is 5.96 Å². The maximum Gasteiger partial charge on any atom is 0.216 e. The highest BCUT2D eigenvalue weighted by molar-refractivity contribution is 14.0. The molecule has 1 aliphatic carbocycles. The van der Waals surface area contributed by atoms with Crippen molar-refractivity contribution in [1.82, 2.24) is 15.1 Å². The maximum absolute atomic E-state index is 5.82. The van der Waals surface area contributed by atoms with Gasteiger partial charge in [-0.1, -0.05) is 6.92 Å². The van der Waals surface area contributed by atoms with Gasteiger partial charge < -0.3 is 15.8 Å². The monoisotopic (exact) mass is 379 g/mol. The van der Waals surface area contributed by atoms with E-state index in [9.17, 15) is 0 Å². The Balaban J connectivity index is 0.00000180. The predicted octanol–water partition coefficient (Wildman–Crippen LogP) is 1.18. The molecule has 6 nitrogen and oxygen atoms in total. The second-order valence-electron chi connectivity index (χ2n) is 4.53. The number of rotatable bonds is 5. The first-order valence-electron chi connectivity index (χ1n) is 6.30. The van der Waals surface area contributed by atoms with Crippen LogP contribution in [0.4, 0.5) is 0 Å². The molecule has 0 aromatic carbocycles. The standard InChI is InChI=1S/C12H21N5O.HI/c1-4-10-9(11(18-3)17(2)16-10)7-14-12(13)15-8-5-6-8;/h8H,4-7H2,1-3H3,(H3,13,14,15);1H. The quantitative estimate of drug-likeness (QED) is 0.458. The Labute approximate surface area is 130 Å². The number of hydrogen-bond donors (Lipinski definition) is 2. The van der Waals surface area contributed by atoms with E-state index in [0.29, 0.717) is 18.5 Å². The summed E-state index contributed by atoms with van der Waals surface area (Å²) in [6.07, 6.45) is 3.23. The molecule has 0 bridgehead atoms. The highest BCUT2D eigenvalue weighted by Gasteiger charge is 2.21. The highest BCUT2D eigenvalue weighted by atomic mass is 127. The Hall–Kier alpha value is -0.990. The van der Waals surface area contributed by atoms with Gasteiger partial charge in [-0.05, 0) is 19.3 Å². The molecule has 0 unspecified atom stereocenters. The summed E-state index contributed by atoms with van der Waals surface area (Å²) < 4.78 is 7.10. The van der Waals surface area contributed by atoms with Crippen molar-refractivity contribution in [3.05, 3.63) is 11.3 Å². The second-order valence-corrected chi connectivity index (χ2v) is 4.53. The number of nitrogens with two attached hydrogens (primary N) is 1. The Morgan fingerprint density at radius 2 is 2.26 bits per heavy atom. The lowest BCUT2D eigenvalue weighted by atomic mass is 10.2. The third kappa shape index (κ3) is 3.99. The van der Waals surface area contributed by atoms with Crippen LogP contribution in [0.3, 0.4) is 0 Å². The molecule has 0 radical (unpaired) electrons.